The van der Waals surface area contributed by atoms with Crippen molar-refractivity contribution in [2.45, 2.75) is 66.0 Å². The van der Waals surface area contributed by atoms with Crippen LogP contribution in [0.5, 0.6) is 0 Å². The molecule has 0 aromatic heterocycles. The Kier molecular flexibility index (Phi) is 5.42. The molecular weight excluding hydrogens is 220 g/mol. The molecule has 1 aliphatic heterocycles. The average Bonchev–Trinajstić information content (AvgIpc) is 2.34. The maximum atomic E-state index is 3.79. The van der Waals surface area contributed by atoms with Gasteiger partial charge < -0.3 is 5.32 Å². The molecule has 1 fully saturated rings. The summed E-state index contributed by atoms with van der Waals surface area (Å²) in [7, 11) is 0. The van der Waals surface area contributed by atoms with E-state index < -0.39 is 0 Å². The van der Waals surface area contributed by atoms with Gasteiger partial charge in [0.25, 0.3) is 0 Å². The Morgan fingerprint density at radius 1 is 1.28 bits per heavy atom. The van der Waals surface area contributed by atoms with E-state index >= 15 is 0 Å². The van der Waals surface area contributed by atoms with Crippen molar-refractivity contribution in [2.75, 3.05) is 19.6 Å². The molecule has 1 heterocycles. The lowest BCUT2D eigenvalue weighted by Crippen LogP contribution is -2.66. The van der Waals surface area contributed by atoms with Crippen molar-refractivity contribution in [3.63, 3.8) is 0 Å². The lowest BCUT2D eigenvalue weighted by molar-refractivity contribution is 0.0168. The summed E-state index contributed by atoms with van der Waals surface area (Å²) >= 11 is 0. The maximum absolute atomic E-state index is 3.79. The van der Waals surface area contributed by atoms with E-state index in [-0.39, 0.29) is 0 Å². The molecule has 1 aliphatic rings. The molecule has 1 unspecified atom stereocenters. The molecular formula is C16H32N2. The summed E-state index contributed by atoms with van der Waals surface area (Å²) in [5.41, 5.74) is 0.684. The number of rotatable bonds is 4. The van der Waals surface area contributed by atoms with Crippen LogP contribution in [0, 0.1) is 5.41 Å². The first-order valence-electron chi connectivity index (χ1n) is 7.49. The molecule has 0 spiro atoms. The smallest absolute Gasteiger partial charge is 0.0332 e. The minimum absolute atomic E-state index is 0.335. The second-order valence-corrected chi connectivity index (χ2v) is 6.70. The maximum Gasteiger partial charge on any atom is 0.0332 e. The molecule has 106 valence electrons. The highest BCUT2D eigenvalue weighted by Gasteiger charge is 2.41. The van der Waals surface area contributed by atoms with Crippen LogP contribution in [0.25, 0.3) is 0 Å². The lowest BCUT2D eigenvalue weighted by atomic mass is 9.80. The zero-order valence-electron chi connectivity index (χ0n) is 13.2. The Bertz CT molecular complexity index is 271. The molecule has 0 amide bonds. The largest absolute Gasteiger partial charge is 0.310 e. The highest BCUT2D eigenvalue weighted by Crippen LogP contribution is 2.31. The van der Waals surface area contributed by atoms with Crippen LogP contribution in [-0.4, -0.2) is 36.1 Å². The van der Waals surface area contributed by atoms with E-state index in [1.165, 1.54) is 12.8 Å². The quantitative estimate of drug-likeness (QED) is 0.771. The van der Waals surface area contributed by atoms with Crippen molar-refractivity contribution in [3.05, 3.63) is 12.2 Å². The highest BCUT2D eigenvalue weighted by atomic mass is 15.3. The summed E-state index contributed by atoms with van der Waals surface area (Å²) in [5, 5.41) is 3.79. The van der Waals surface area contributed by atoms with Gasteiger partial charge in [0.15, 0.2) is 0 Å². The third kappa shape index (κ3) is 3.36. The summed E-state index contributed by atoms with van der Waals surface area (Å²) in [6, 6.07) is 0.592. The predicted molar refractivity (Wildman–Crippen MR) is 80.9 cm³/mol. The van der Waals surface area contributed by atoms with Gasteiger partial charge >= 0.3 is 0 Å². The van der Waals surface area contributed by atoms with Gasteiger partial charge in [0, 0.05) is 31.2 Å². The molecule has 18 heavy (non-hydrogen) atoms. The fraction of sp³-hybridized carbons (Fsp3) is 0.875. The summed E-state index contributed by atoms with van der Waals surface area (Å²) in [6.45, 7) is 17.1. The van der Waals surface area contributed by atoms with Crippen LogP contribution in [0.2, 0.25) is 0 Å². The third-order valence-corrected chi connectivity index (χ3v) is 4.67. The Morgan fingerprint density at radius 2 is 1.89 bits per heavy atom. The monoisotopic (exact) mass is 252 g/mol. The SMILES string of the molecule is C/C=C/CN1CC(C(C)(C)C)NCC1(CC)CC. The summed E-state index contributed by atoms with van der Waals surface area (Å²) in [6.07, 6.45) is 6.92. The molecule has 0 aromatic rings. The first-order chi connectivity index (χ1) is 8.39. The number of nitrogens with zero attached hydrogens (tertiary/aromatic N) is 1. The molecule has 2 heteroatoms. The molecule has 1 saturated heterocycles. The van der Waals surface area contributed by atoms with Crippen molar-refractivity contribution < 1.29 is 0 Å². The van der Waals surface area contributed by atoms with E-state index in [1.54, 1.807) is 0 Å². The Morgan fingerprint density at radius 3 is 2.33 bits per heavy atom. The molecule has 0 aromatic carbocycles. The van der Waals surface area contributed by atoms with E-state index in [1.807, 2.05) is 0 Å². The molecule has 1 N–H and O–H groups in total. The van der Waals surface area contributed by atoms with E-state index in [0.717, 1.165) is 19.6 Å². The van der Waals surface area contributed by atoms with E-state index in [2.05, 4.69) is 63.9 Å². The normalized spacial score (nSPS) is 25.8. The number of hydrogen-bond acceptors (Lipinski definition) is 2. The first-order valence-corrected chi connectivity index (χ1v) is 7.49. The first kappa shape index (κ1) is 15.7. The van der Waals surface area contributed by atoms with Gasteiger partial charge in [-0.15, -0.1) is 0 Å². The minimum atomic E-state index is 0.335. The minimum Gasteiger partial charge on any atom is -0.310 e. The number of hydrogen-bond donors (Lipinski definition) is 1. The molecule has 0 bridgehead atoms. The second kappa shape index (κ2) is 6.21. The zero-order chi connectivity index (χ0) is 13.8. The Hall–Kier alpha value is -0.340. The van der Waals surface area contributed by atoms with Gasteiger partial charge in [-0.05, 0) is 25.2 Å². The van der Waals surface area contributed by atoms with Gasteiger partial charge in [-0.1, -0.05) is 46.8 Å². The summed E-state index contributed by atoms with van der Waals surface area (Å²) < 4.78 is 0. The van der Waals surface area contributed by atoms with Crippen molar-refractivity contribution >= 4 is 0 Å². The van der Waals surface area contributed by atoms with Crippen molar-refractivity contribution in [3.8, 4) is 0 Å². The molecule has 0 aliphatic carbocycles. The highest BCUT2D eigenvalue weighted by molar-refractivity contribution is 5.02. The van der Waals surface area contributed by atoms with Crippen molar-refractivity contribution in [1.82, 2.24) is 10.2 Å². The fourth-order valence-electron chi connectivity index (χ4n) is 2.93. The van der Waals surface area contributed by atoms with Crippen LogP contribution in [0.3, 0.4) is 0 Å². The van der Waals surface area contributed by atoms with Crippen LogP contribution >= 0.6 is 0 Å². The number of allylic oxidation sites excluding steroid dienone is 1. The molecule has 1 rings (SSSR count). The summed E-state index contributed by atoms with van der Waals surface area (Å²) in [4.78, 5) is 2.69. The van der Waals surface area contributed by atoms with Crippen LogP contribution in [0.4, 0.5) is 0 Å². The van der Waals surface area contributed by atoms with Gasteiger partial charge in [-0.25, -0.2) is 0 Å². The van der Waals surface area contributed by atoms with Crippen molar-refractivity contribution in [1.29, 1.82) is 0 Å². The topological polar surface area (TPSA) is 15.3 Å². The Balaban J connectivity index is 2.85. The van der Waals surface area contributed by atoms with E-state index in [4.69, 9.17) is 0 Å². The van der Waals surface area contributed by atoms with E-state index in [9.17, 15) is 0 Å². The van der Waals surface area contributed by atoms with Crippen LogP contribution in [-0.2, 0) is 0 Å². The van der Waals surface area contributed by atoms with Crippen molar-refractivity contribution in [2.24, 2.45) is 5.41 Å². The fourth-order valence-corrected chi connectivity index (χ4v) is 2.93. The van der Waals surface area contributed by atoms with E-state index in [0.29, 0.717) is 17.0 Å². The van der Waals surface area contributed by atoms with Gasteiger partial charge in [0.1, 0.15) is 0 Å². The van der Waals surface area contributed by atoms with Gasteiger partial charge in [-0.2, -0.15) is 0 Å². The molecule has 1 atom stereocenters. The number of nitrogens with one attached hydrogen (secondary N) is 1. The average molecular weight is 252 g/mol. The lowest BCUT2D eigenvalue weighted by Gasteiger charge is -2.52. The molecule has 0 radical (unpaired) electrons. The molecule has 2 nitrogen and oxygen atoms in total. The third-order valence-electron chi connectivity index (χ3n) is 4.67. The zero-order valence-corrected chi connectivity index (χ0v) is 13.2. The van der Waals surface area contributed by atoms with Gasteiger partial charge in [0.05, 0.1) is 0 Å². The van der Waals surface area contributed by atoms with Gasteiger partial charge in [-0.3, -0.25) is 4.90 Å². The molecule has 0 saturated carbocycles. The van der Waals surface area contributed by atoms with Crippen LogP contribution in [0.15, 0.2) is 12.2 Å². The van der Waals surface area contributed by atoms with Crippen LogP contribution in [0.1, 0.15) is 54.4 Å². The predicted octanol–water partition coefficient (Wildman–Crippen LogP) is 3.44. The standard InChI is InChI=1S/C16H32N2/c1-7-10-11-18-12-14(15(4,5)6)17-13-16(18,8-2)9-3/h7,10,14,17H,8-9,11-13H2,1-6H3/b10-7+. The number of piperazine rings is 1. The van der Waals surface area contributed by atoms with Gasteiger partial charge in [0.2, 0.25) is 0 Å². The van der Waals surface area contributed by atoms with Crippen LogP contribution < -0.4 is 5.32 Å². The summed E-state index contributed by atoms with van der Waals surface area (Å²) in [5.74, 6) is 0. The Labute approximate surface area is 114 Å². The second-order valence-electron chi connectivity index (χ2n) is 6.70.